The Morgan fingerprint density at radius 3 is 2.84 bits per heavy atom. The Labute approximate surface area is 118 Å². The standard InChI is InChI=1S/C12H12N2O3S2/c1-3-17-11(16)8-6-19-12(13-8)14-10(15)9-7(2)4-5-18-9/h4-6H,3H2,1-2H3,(H,13,14,15). The van der Waals surface area contributed by atoms with Crippen LogP contribution < -0.4 is 5.32 Å². The molecule has 0 spiro atoms. The molecule has 7 heteroatoms. The molecular formula is C12H12N2O3S2. The van der Waals surface area contributed by atoms with Crippen LogP contribution in [0, 0.1) is 6.92 Å². The van der Waals surface area contributed by atoms with E-state index in [1.165, 1.54) is 22.7 Å². The van der Waals surface area contributed by atoms with E-state index in [1.807, 2.05) is 18.4 Å². The number of aromatic nitrogens is 1. The monoisotopic (exact) mass is 296 g/mol. The third-order valence-corrected chi connectivity index (χ3v) is 4.05. The van der Waals surface area contributed by atoms with E-state index in [2.05, 4.69) is 10.3 Å². The average molecular weight is 296 g/mol. The van der Waals surface area contributed by atoms with Gasteiger partial charge in [-0.05, 0) is 30.9 Å². The number of amides is 1. The molecule has 0 bridgehead atoms. The van der Waals surface area contributed by atoms with Crippen molar-refractivity contribution in [2.24, 2.45) is 0 Å². The maximum atomic E-state index is 12.0. The van der Waals surface area contributed by atoms with E-state index in [4.69, 9.17) is 4.74 Å². The third kappa shape index (κ3) is 3.18. The van der Waals surface area contributed by atoms with Crippen LogP contribution >= 0.6 is 22.7 Å². The molecule has 5 nitrogen and oxygen atoms in total. The molecule has 0 aliphatic rings. The minimum atomic E-state index is -0.480. The molecule has 0 saturated heterocycles. The summed E-state index contributed by atoms with van der Waals surface area (Å²) in [7, 11) is 0. The van der Waals surface area contributed by atoms with Crippen molar-refractivity contribution in [1.29, 1.82) is 0 Å². The fourth-order valence-corrected chi connectivity index (χ4v) is 2.88. The van der Waals surface area contributed by atoms with Gasteiger partial charge in [0.1, 0.15) is 0 Å². The number of thiophene rings is 1. The Balaban J connectivity index is 2.06. The van der Waals surface area contributed by atoms with Crippen molar-refractivity contribution in [3.05, 3.63) is 33.0 Å². The summed E-state index contributed by atoms with van der Waals surface area (Å²) in [6.45, 7) is 3.90. The second-order valence-corrected chi connectivity index (χ2v) is 5.42. The number of anilines is 1. The van der Waals surface area contributed by atoms with Gasteiger partial charge in [0.15, 0.2) is 10.8 Å². The van der Waals surface area contributed by atoms with Crippen molar-refractivity contribution in [1.82, 2.24) is 4.98 Å². The van der Waals surface area contributed by atoms with E-state index in [0.717, 1.165) is 5.56 Å². The third-order valence-electron chi connectivity index (χ3n) is 2.28. The number of esters is 1. The summed E-state index contributed by atoms with van der Waals surface area (Å²) >= 11 is 2.57. The second-order valence-electron chi connectivity index (χ2n) is 3.65. The van der Waals surface area contributed by atoms with E-state index in [0.29, 0.717) is 16.6 Å². The van der Waals surface area contributed by atoms with Gasteiger partial charge in [0.25, 0.3) is 5.91 Å². The highest BCUT2D eigenvalue weighted by molar-refractivity contribution is 7.14. The first kappa shape index (κ1) is 13.7. The Hall–Kier alpha value is -1.73. The molecule has 0 atom stereocenters. The number of rotatable bonds is 4. The molecule has 0 saturated carbocycles. The zero-order chi connectivity index (χ0) is 13.8. The van der Waals surface area contributed by atoms with Gasteiger partial charge in [0.2, 0.25) is 0 Å². The van der Waals surface area contributed by atoms with Gasteiger partial charge in [0.05, 0.1) is 11.5 Å². The van der Waals surface area contributed by atoms with Gasteiger partial charge >= 0.3 is 5.97 Å². The fraction of sp³-hybridized carbons (Fsp3) is 0.250. The van der Waals surface area contributed by atoms with Crippen LogP contribution in [0.3, 0.4) is 0 Å². The van der Waals surface area contributed by atoms with Gasteiger partial charge in [-0.1, -0.05) is 0 Å². The fourth-order valence-electron chi connectivity index (χ4n) is 1.39. The first-order valence-electron chi connectivity index (χ1n) is 5.60. The zero-order valence-electron chi connectivity index (χ0n) is 10.4. The highest BCUT2D eigenvalue weighted by Crippen LogP contribution is 2.20. The Morgan fingerprint density at radius 2 is 2.21 bits per heavy atom. The van der Waals surface area contributed by atoms with E-state index >= 15 is 0 Å². The lowest BCUT2D eigenvalue weighted by Crippen LogP contribution is -2.12. The van der Waals surface area contributed by atoms with Gasteiger partial charge in [0, 0.05) is 5.38 Å². The minimum Gasteiger partial charge on any atom is -0.461 e. The molecule has 0 aromatic carbocycles. The van der Waals surface area contributed by atoms with Crippen molar-refractivity contribution in [2.45, 2.75) is 13.8 Å². The van der Waals surface area contributed by atoms with Crippen LogP contribution in [0.5, 0.6) is 0 Å². The maximum absolute atomic E-state index is 12.0. The van der Waals surface area contributed by atoms with Crippen molar-refractivity contribution in [3.63, 3.8) is 0 Å². The number of hydrogen-bond donors (Lipinski definition) is 1. The number of carbonyl (C=O) groups is 2. The molecule has 2 rings (SSSR count). The summed E-state index contributed by atoms with van der Waals surface area (Å²) in [6, 6.07) is 1.88. The number of hydrogen-bond acceptors (Lipinski definition) is 6. The number of nitrogens with one attached hydrogen (secondary N) is 1. The van der Waals surface area contributed by atoms with E-state index < -0.39 is 5.97 Å². The first-order valence-corrected chi connectivity index (χ1v) is 7.36. The number of carbonyl (C=O) groups excluding carboxylic acids is 2. The molecule has 0 aliphatic carbocycles. The summed E-state index contributed by atoms with van der Waals surface area (Å²) in [4.78, 5) is 28.1. The van der Waals surface area contributed by atoms with Crippen LogP contribution in [-0.4, -0.2) is 23.5 Å². The lowest BCUT2D eigenvalue weighted by molar-refractivity contribution is 0.0520. The first-order chi connectivity index (χ1) is 9.11. The van der Waals surface area contributed by atoms with Crippen molar-refractivity contribution in [2.75, 3.05) is 11.9 Å². The van der Waals surface area contributed by atoms with Gasteiger partial charge in [-0.25, -0.2) is 9.78 Å². The van der Waals surface area contributed by atoms with Crippen molar-refractivity contribution in [3.8, 4) is 0 Å². The summed E-state index contributed by atoms with van der Waals surface area (Å²) in [5.41, 5.74) is 1.13. The SMILES string of the molecule is CCOC(=O)c1csc(NC(=O)c2sccc2C)n1. The van der Waals surface area contributed by atoms with Crippen LogP contribution in [0.2, 0.25) is 0 Å². The van der Waals surface area contributed by atoms with Crippen LogP contribution in [0.15, 0.2) is 16.8 Å². The van der Waals surface area contributed by atoms with Gasteiger partial charge in [-0.3, -0.25) is 10.1 Å². The van der Waals surface area contributed by atoms with E-state index in [-0.39, 0.29) is 11.6 Å². The predicted molar refractivity (Wildman–Crippen MR) is 75.1 cm³/mol. The lowest BCUT2D eigenvalue weighted by Gasteiger charge is -2.00. The van der Waals surface area contributed by atoms with Gasteiger partial charge in [-0.2, -0.15) is 0 Å². The van der Waals surface area contributed by atoms with Gasteiger partial charge in [-0.15, -0.1) is 22.7 Å². The number of thiazole rings is 1. The Morgan fingerprint density at radius 1 is 1.42 bits per heavy atom. The van der Waals surface area contributed by atoms with Gasteiger partial charge < -0.3 is 4.74 Å². The molecule has 2 heterocycles. The van der Waals surface area contributed by atoms with Crippen molar-refractivity contribution < 1.29 is 14.3 Å². The van der Waals surface area contributed by atoms with Crippen LogP contribution in [0.25, 0.3) is 0 Å². The number of ether oxygens (including phenoxy) is 1. The molecule has 1 N–H and O–H groups in total. The molecule has 19 heavy (non-hydrogen) atoms. The molecule has 0 unspecified atom stereocenters. The van der Waals surface area contributed by atoms with Crippen LogP contribution in [0.1, 0.15) is 32.6 Å². The summed E-state index contributed by atoms with van der Waals surface area (Å²) in [5, 5.41) is 6.48. The molecule has 100 valence electrons. The maximum Gasteiger partial charge on any atom is 0.357 e. The second kappa shape index (κ2) is 5.94. The molecular weight excluding hydrogens is 284 g/mol. The average Bonchev–Trinajstić information content (AvgIpc) is 2.98. The predicted octanol–water partition coefficient (Wildman–Crippen LogP) is 2.94. The van der Waals surface area contributed by atoms with Crippen LogP contribution in [-0.2, 0) is 4.74 Å². The molecule has 1 amide bonds. The molecule has 2 aromatic rings. The van der Waals surface area contributed by atoms with E-state index in [9.17, 15) is 9.59 Å². The molecule has 0 aliphatic heterocycles. The summed E-state index contributed by atoms with van der Waals surface area (Å²) < 4.78 is 4.83. The normalized spacial score (nSPS) is 10.2. The van der Waals surface area contributed by atoms with Crippen molar-refractivity contribution >= 4 is 39.7 Å². The highest BCUT2D eigenvalue weighted by Gasteiger charge is 2.15. The topological polar surface area (TPSA) is 68.3 Å². The molecule has 2 aromatic heterocycles. The summed E-state index contributed by atoms with van der Waals surface area (Å²) in [5.74, 6) is -0.691. The summed E-state index contributed by atoms with van der Waals surface area (Å²) in [6.07, 6.45) is 0. The zero-order valence-corrected chi connectivity index (χ0v) is 12.1. The Kier molecular flexibility index (Phi) is 4.28. The quantitative estimate of drug-likeness (QED) is 0.881. The Bertz CT molecular complexity index is 604. The number of aryl methyl sites for hydroxylation is 1. The number of nitrogens with zero attached hydrogens (tertiary/aromatic N) is 1. The lowest BCUT2D eigenvalue weighted by atomic mass is 10.3. The molecule has 0 fully saturated rings. The largest absolute Gasteiger partial charge is 0.461 e. The van der Waals surface area contributed by atoms with E-state index in [1.54, 1.807) is 12.3 Å². The minimum absolute atomic E-state index is 0.211. The smallest absolute Gasteiger partial charge is 0.357 e. The highest BCUT2D eigenvalue weighted by atomic mass is 32.1. The van der Waals surface area contributed by atoms with Crippen LogP contribution in [0.4, 0.5) is 5.13 Å². The molecule has 0 radical (unpaired) electrons.